The van der Waals surface area contributed by atoms with E-state index >= 15 is 0 Å². The molecule has 37 heavy (non-hydrogen) atoms. The van der Waals surface area contributed by atoms with Crippen LogP contribution in [-0.4, -0.2) is 31.8 Å². The first-order valence-electron chi connectivity index (χ1n) is 11.0. The number of hydrogen-bond acceptors (Lipinski definition) is 5. The van der Waals surface area contributed by atoms with Gasteiger partial charge in [0.15, 0.2) is 5.96 Å². The molecule has 11 heteroatoms. The molecule has 0 fully saturated rings. The normalized spacial score (nSPS) is 19.1. The molecule has 0 aliphatic carbocycles. The van der Waals surface area contributed by atoms with E-state index in [2.05, 4.69) is 10.3 Å². The lowest BCUT2D eigenvalue weighted by atomic mass is 9.90. The van der Waals surface area contributed by atoms with Crippen molar-refractivity contribution in [2.24, 2.45) is 10.7 Å². The average molecular weight is 563 g/mol. The maximum absolute atomic E-state index is 14.1. The van der Waals surface area contributed by atoms with Gasteiger partial charge in [0.2, 0.25) is 10.0 Å². The zero-order chi connectivity index (χ0) is 25.4. The second-order valence-corrected chi connectivity index (χ2v) is 10.8. The van der Waals surface area contributed by atoms with E-state index < -0.39 is 27.7 Å². The average Bonchev–Trinajstić information content (AvgIpc) is 2.84. The van der Waals surface area contributed by atoms with Crippen LogP contribution in [0.25, 0.3) is 6.08 Å². The van der Waals surface area contributed by atoms with Crippen LogP contribution in [0.3, 0.4) is 0 Å². The molecule has 0 saturated heterocycles. The summed E-state index contributed by atoms with van der Waals surface area (Å²) in [5, 5.41) is 3.46. The van der Waals surface area contributed by atoms with Gasteiger partial charge in [0.25, 0.3) is 0 Å². The minimum Gasteiger partial charge on any atom is -0.370 e. The predicted molar refractivity (Wildman–Crippen MR) is 143 cm³/mol. The molecule has 3 N–H and O–H groups in total. The first kappa shape index (κ1) is 26.8. The monoisotopic (exact) mass is 562 g/mol. The van der Waals surface area contributed by atoms with Crippen LogP contribution in [0.5, 0.6) is 0 Å². The molecule has 6 nitrogen and oxygen atoms in total. The van der Waals surface area contributed by atoms with Crippen LogP contribution >= 0.6 is 24.0 Å². The quantitative estimate of drug-likeness (QED) is 0.466. The van der Waals surface area contributed by atoms with Gasteiger partial charge < -0.3 is 11.1 Å². The van der Waals surface area contributed by atoms with Crippen LogP contribution in [0, 0.1) is 11.6 Å². The number of aliphatic imine (C=N–C) groups is 1. The van der Waals surface area contributed by atoms with Gasteiger partial charge in [0.1, 0.15) is 17.7 Å². The Balaban J connectivity index is 0.00000320. The van der Waals surface area contributed by atoms with Gasteiger partial charge in [-0.2, -0.15) is 4.31 Å². The number of nitrogens with zero attached hydrogens (tertiary/aromatic N) is 2. The number of nitrogens with one attached hydrogen (secondary N) is 1. The lowest BCUT2D eigenvalue weighted by Crippen LogP contribution is -2.46. The van der Waals surface area contributed by atoms with Crippen LogP contribution in [0.15, 0.2) is 99.5 Å². The second kappa shape index (κ2) is 10.6. The molecule has 0 radical (unpaired) electrons. The van der Waals surface area contributed by atoms with E-state index in [1.54, 1.807) is 30.3 Å². The van der Waals surface area contributed by atoms with Crippen LogP contribution in [-0.2, 0) is 10.0 Å². The van der Waals surface area contributed by atoms with Gasteiger partial charge in [0.05, 0.1) is 4.90 Å². The Morgan fingerprint density at radius 1 is 1.00 bits per heavy atom. The Morgan fingerprint density at radius 2 is 1.68 bits per heavy atom. The van der Waals surface area contributed by atoms with E-state index in [0.717, 1.165) is 0 Å². The second-order valence-electron chi connectivity index (χ2n) is 8.45. The van der Waals surface area contributed by atoms with E-state index in [1.165, 1.54) is 52.8 Å². The molecule has 0 spiro atoms. The maximum atomic E-state index is 14.1. The lowest BCUT2D eigenvalue weighted by molar-refractivity contribution is 0.436. The first-order chi connectivity index (χ1) is 17.2. The van der Waals surface area contributed by atoms with Crippen molar-refractivity contribution in [1.29, 1.82) is 0 Å². The summed E-state index contributed by atoms with van der Waals surface area (Å²) in [5.41, 5.74) is 8.92. The summed E-state index contributed by atoms with van der Waals surface area (Å²) in [4.78, 5) is 4.55. The Hall–Kier alpha value is -3.24. The molecule has 0 aromatic heterocycles. The standard InChI is InChI=1S/C26H21ClF2N4O2S.ClH/c27-19-7-9-22(10-8-19)36(34,35)33-14-18(11-16-3-1-5-20(28)12-16)25-23(15-33)24(31-26(30)32-25)17-4-2-6-21(29)13-17;/h1-13,24H,14-15H2,(H3,30,31,32);1H/b18-11+;. The summed E-state index contributed by atoms with van der Waals surface area (Å²) in [6.45, 7) is -0.0117. The van der Waals surface area contributed by atoms with Crippen molar-refractivity contribution in [3.8, 4) is 0 Å². The SMILES string of the molecule is Cl.NC1=NC(c2cccc(F)c2)C2=C(N1)/C(=C/c1cccc(F)c1)CN(S(=O)(=O)c1ccc(Cl)cc1)C2. The summed E-state index contributed by atoms with van der Waals surface area (Å²) in [6, 6.07) is 17.1. The fourth-order valence-corrected chi connectivity index (χ4v) is 5.88. The molecule has 1 atom stereocenters. The van der Waals surface area contributed by atoms with Crippen molar-refractivity contribution in [3.05, 3.63) is 117 Å². The number of guanidine groups is 1. The molecule has 3 aromatic rings. The highest BCUT2D eigenvalue weighted by Gasteiger charge is 2.37. The fraction of sp³-hybridized carbons (Fsp3) is 0.115. The van der Waals surface area contributed by atoms with E-state index in [9.17, 15) is 17.2 Å². The van der Waals surface area contributed by atoms with Crippen LogP contribution in [0.2, 0.25) is 5.02 Å². The minimum atomic E-state index is -3.95. The van der Waals surface area contributed by atoms with E-state index in [4.69, 9.17) is 17.3 Å². The van der Waals surface area contributed by atoms with Gasteiger partial charge in [-0.15, -0.1) is 12.4 Å². The number of halogens is 4. The Bertz CT molecular complexity index is 1540. The molecular formula is C26H22Cl2F2N4O2S. The molecular weight excluding hydrogens is 541 g/mol. The number of nitrogens with two attached hydrogens (primary N) is 1. The summed E-state index contributed by atoms with van der Waals surface area (Å²) in [5.74, 6) is -0.753. The third-order valence-corrected chi connectivity index (χ3v) is 8.05. The topological polar surface area (TPSA) is 87.8 Å². The summed E-state index contributed by atoms with van der Waals surface area (Å²) in [7, 11) is -3.95. The van der Waals surface area contributed by atoms with Gasteiger partial charge in [-0.1, -0.05) is 35.9 Å². The molecule has 2 heterocycles. The van der Waals surface area contributed by atoms with Gasteiger partial charge in [-0.05, 0) is 76.9 Å². The zero-order valence-corrected chi connectivity index (χ0v) is 21.6. The summed E-state index contributed by atoms with van der Waals surface area (Å²) in [6.07, 6.45) is 1.70. The molecule has 2 aliphatic rings. The van der Waals surface area contributed by atoms with Gasteiger partial charge in [-0.25, -0.2) is 22.2 Å². The summed E-state index contributed by atoms with van der Waals surface area (Å²) >= 11 is 5.96. The molecule has 0 saturated carbocycles. The Labute approximate surface area is 224 Å². The van der Waals surface area contributed by atoms with Crippen LogP contribution in [0.1, 0.15) is 17.2 Å². The predicted octanol–water partition coefficient (Wildman–Crippen LogP) is 5.04. The highest BCUT2D eigenvalue weighted by atomic mass is 35.5. The maximum Gasteiger partial charge on any atom is 0.243 e. The van der Waals surface area contributed by atoms with Crippen LogP contribution < -0.4 is 11.1 Å². The minimum absolute atomic E-state index is 0. The molecule has 3 aromatic carbocycles. The van der Waals surface area contributed by atoms with E-state index in [1.807, 2.05) is 0 Å². The van der Waals surface area contributed by atoms with Gasteiger partial charge >= 0.3 is 0 Å². The lowest BCUT2D eigenvalue weighted by Gasteiger charge is -2.37. The summed E-state index contributed by atoms with van der Waals surface area (Å²) < 4.78 is 56.5. The number of hydrogen-bond donors (Lipinski definition) is 2. The number of sulfonamides is 1. The van der Waals surface area contributed by atoms with Crippen molar-refractivity contribution >= 4 is 46.1 Å². The molecule has 1 unspecified atom stereocenters. The largest absolute Gasteiger partial charge is 0.370 e. The smallest absolute Gasteiger partial charge is 0.243 e. The van der Waals surface area contributed by atoms with Crippen molar-refractivity contribution in [2.75, 3.05) is 13.1 Å². The molecule has 192 valence electrons. The van der Waals surface area contributed by atoms with E-state index in [0.29, 0.717) is 33.0 Å². The van der Waals surface area contributed by atoms with Crippen molar-refractivity contribution in [1.82, 2.24) is 9.62 Å². The molecule has 0 amide bonds. The highest BCUT2D eigenvalue weighted by Crippen LogP contribution is 2.38. The third kappa shape index (κ3) is 5.55. The number of rotatable bonds is 4. The first-order valence-corrected chi connectivity index (χ1v) is 12.8. The molecule has 2 aliphatic heterocycles. The van der Waals surface area contributed by atoms with Crippen molar-refractivity contribution in [2.45, 2.75) is 10.9 Å². The van der Waals surface area contributed by atoms with Crippen molar-refractivity contribution < 1.29 is 17.2 Å². The third-order valence-electron chi connectivity index (χ3n) is 5.99. The Morgan fingerprint density at radius 3 is 2.35 bits per heavy atom. The highest BCUT2D eigenvalue weighted by molar-refractivity contribution is 7.89. The van der Waals surface area contributed by atoms with Crippen LogP contribution in [0.4, 0.5) is 8.78 Å². The number of benzene rings is 3. The van der Waals surface area contributed by atoms with E-state index in [-0.39, 0.29) is 36.4 Å². The van der Waals surface area contributed by atoms with Crippen molar-refractivity contribution in [3.63, 3.8) is 0 Å². The fourth-order valence-electron chi connectivity index (χ4n) is 4.35. The molecule has 5 rings (SSSR count). The Kier molecular flexibility index (Phi) is 7.70. The van der Waals surface area contributed by atoms with Gasteiger partial charge in [0, 0.05) is 23.8 Å². The van der Waals surface area contributed by atoms with Gasteiger partial charge in [-0.3, -0.25) is 0 Å². The molecule has 0 bridgehead atoms. The zero-order valence-electron chi connectivity index (χ0n) is 19.2.